The van der Waals surface area contributed by atoms with Crippen LogP contribution in [0.3, 0.4) is 0 Å². The summed E-state index contributed by atoms with van der Waals surface area (Å²) in [5.74, 6) is -0.325. The standard InChI is InChI=1S/C8H6FNS/c1-5-2-6(4-10)8(11)3-7(5)9/h2-3,11H,1H3. The van der Waals surface area contributed by atoms with Crippen LogP contribution in [-0.2, 0) is 0 Å². The molecule has 1 aromatic carbocycles. The van der Waals surface area contributed by atoms with Gasteiger partial charge < -0.3 is 0 Å². The number of hydrogen-bond acceptors (Lipinski definition) is 2. The van der Waals surface area contributed by atoms with Crippen molar-refractivity contribution in [3.05, 3.63) is 29.1 Å². The third-order valence-electron chi connectivity index (χ3n) is 1.40. The second-order valence-electron chi connectivity index (χ2n) is 2.23. The molecular weight excluding hydrogens is 161 g/mol. The van der Waals surface area contributed by atoms with Gasteiger partial charge in [0.2, 0.25) is 0 Å². The molecule has 0 aromatic heterocycles. The summed E-state index contributed by atoms with van der Waals surface area (Å²) >= 11 is 3.93. The SMILES string of the molecule is Cc1cc(C#N)c(S)cc1F. The van der Waals surface area contributed by atoms with Crippen molar-refractivity contribution in [2.24, 2.45) is 0 Å². The van der Waals surface area contributed by atoms with Crippen LogP contribution in [0.1, 0.15) is 11.1 Å². The summed E-state index contributed by atoms with van der Waals surface area (Å²) in [5.41, 5.74) is 0.881. The molecule has 56 valence electrons. The first-order chi connectivity index (χ1) is 5.15. The van der Waals surface area contributed by atoms with Gasteiger partial charge in [0.25, 0.3) is 0 Å². The van der Waals surface area contributed by atoms with E-state index in [1.807, 2.05) is 6.07 Å². The minimum absolute atomic E-state index is 0.325. The van der Waals surface area contributed by atoms with Crippen LogP contribution in [0.4, 0.5) is 4.39 Å². The Balaban J connectivity index is 3.35. The molecule has 0 radical (unpaired) electrons. The normalized spacial score (nSPS) is 9.27. The zero-order valence-electron chi connectivity index (χ0n) is 5.93. The molecule has 1 aromatic rings. The maximum Gasteiger partial charge on any atom is 0.127 e. The fourth-order valence-electron chi connectivity index (χ4n) is 0.761. The van der Waals surface area contributed by atoms with Crippen LogP contribution in [0.2, 0.25) is 0 Å². The molecule has 1 rings (SSSR count). The fourth-order valence-corrected chi connectivity index (χ4v) is 0.988. The van der Waals surface area contributed by atoms with Gasteiger partial charge in [-0.2, -0.15) is 5.26 Å². The Bertz CT molecular complexity index is 328. The predicted molar refractivity (Wildman–Crippen MR) is 43.1 cm³/mol. The summed E-state index contributed by atoms with van der Waals surface area (Å²) in [5, 5.41) is 8.51. The molecule has 0 aliphatic rings. The smallest absolute Gasteiger partial charge is 0.127 e. The van der Waals surface area contributed by atoms with Crippen LogP contribution in [0.25, 0.3) is 0 Å². The molecule has 0 saturated heterocycles. The van der Waals surface area contributed by atoms with Crippen molar-refractivity contribution in [3.8, 4) is 6.07 Å². The number of benzene rings is 1. The van der Waals surface area contributed by atoms with Crippen LogP contribution in [-0.4, -0.2) is 0 Å². The van der Waals surface area contributed by atoms with Gasteiger partial charge in [0.05, 0.1) is 5.56 Å². The van der Waals surface area contributed by atoms with Gasteiger partial charge in [-0.05, 0) is 24.6 Å². The molecule has 11 heavy (non-hydrogen) atoms. The van der Waals surface area contributed by atoms with Crippen molar-refractivity contribution in [1.82, 2.24) is 0 Å². The molecule has 3 heteroatoms. The molecule has 0 atom stereocenters. The topological polar surface area (TPSA) is 23.8 Å². The molecule has 0 unspecified atom stereocenters. The number of halogens is 1. The van der Waals surface area contributed by atoms with Crippen molar-refractivity contribution in [2.75, 3.05) is 0 Å². The van der Waals surface area contributed by atoms with E-state index in [2.05, 4.69) is 12.6 Å². The number of nitrogens with zero attached hydrogens (tertiary/aromatic N) is 1. The second-order valence-corrected chi connectivity index (χ2v) is 2.71. The van der Waals surface area contributed by atoms with Gasteiger partial charge in [0, 0.05) is 4.90 Å². The first-order valence-corrected chi connectivity index (χ1v) is 3.49. The first kappa shape index (κ1) is 8.09. The van der Waals surface area contributed by atoms with Crippen molar-refractivity contribution in [1.29, 1.82) is 5.26 Å². The molecule has 0 spiro atoms. The Morgan fingerprint density at radius 1 is 1.55 bits per heavy atom. The molecule has 1 nitrogen and oxygen atoms in total. The van der Waals surface area contributed by atoms with E-state index in [-0.39, 0.29) is 5.82 Å². The van der Waals surface area contributed by atoms with Gasteiger partial charge in [-0.15, -0.1) is 12.6 Å². The number of nitriles is 1. The maximum atomic E-state index is 12.7. The Labute approximate surface area is 69.9 Å². The van der Waals surface area contributed by atoms with Gasteiger partial charge in [-0.1, -0.05) is 0 Å². The largest absolute Gasteiger partial charge is 0.207 e. The molecule has 0 bridgehead atoms. The van der Waals surface area contributed by atoms with Crippen LogP contribution in [0.15, 0.2) is 17.0 Å². The lowest BCUT2D eigenvalue weighted by Crippen LogP contribution is -1.85. The van der Waals surface area contributed by atoms with Gasteiger partial charge >= 0.3 is 0 Å². The average Bonchev–Trinajstić information content (AvgIpc) is 1.97. The molecule has 0 saturated carbocycles. The van der Waals surface area contributed by atoms with E-state index in [0.717, 1.165) is 0 Å². The molecule has 0 heterocycles. The zero-order chi connectivity index (χ0) is 8.43. The van der Waals surface area contributed by atoms with E-state index in [4.69, 9.17) is 5.26 Å². The van der Waals surface area contributed by atoms with Gasteiger partial charge in [-0.25, -0.2) is 4.39 Å². The summed E-state index contributed by atoms with van der Waals surface area (Å²) in [4.78, 5) is 0.385. The van der Waals surface area contributed by atoms with E-state index in [0.29, 0.717) is 16.0 Å². The number of aryl methyl sites for hydroxylation is 1. The summed E-state index contributed by atoms with van der Waals surface area (Å²) in [6.07, 6.45) is 0. The highest BCUT2D eigenvalue weighted by Crippen LogP contribution is 2.17. The minimum Gasteiger partial charge on any atom is -0.207 e. The summed E-state index contributed by atoms with van der Waals surface area (Å²) in [7, 11) is 0. The molecular formula is C8H6FNS. The lowest BCUT2D eigenvalue weighted by Gasteiger charge is -1.98. The van der Waals surface area contributed by atoms with Crippen LogP contribution in [0, 0.1) is 24.1 Å². The van der Waals surface area contributed by atoms with Crippen LogP contribution in [0.5, 0.6) is 0 Å². The highest BCUT2D eigenvalue weighted by Gasteiger charge is 2.02. The zero-order valence-corrected chi connectivity index (χ0v) is 6.82. The highest BCUT2D eigenvalue weighted by atomic mass is 32.1. The van der Waals surface area contributed by atoms with Crippen molar-refractivity contribution >= 4 is 12.6 Å². The van der Waals surface area contributed by atoms with Crippen molar-refractivity contribution in [2.45, 2.75) is 11.8 Å². The first-order valence-electron chi connectivity index (χ1n) is 3.04. The van der Waals surface area contributed by atoms with Crippen LogP contribution < -0.4 is 0 Å². The molecule has 0 fully saturated rings. The average molecular weight is 167 g/mol. The third-order valence-corrected chi connectivity index (χ3v) is 1.77. The predicted octanol–water partition coefficient (Wildman–Crippen LogP) is 2.29. The van der Waals surface area contributed by atoms with E-state index >= 15 is 0 Å². The Morgan fingerprint density at radius 2 is 2.18 bits per heavy atom. The molecule has 0 N–H and O–H groups in total. The van der Waals surface area contributed by atoms with Gasteiger partial charge in [0.1, 0.15) is 11.9 Å². The highest BCUT2D eigenvalue weighted by molar-refractivity contribution is 7.80. The quantitative estimate of drug-likeness (QED) is 0.589. The lowest BCUT2D eigenvalue weighted by molar-refractivity contribution is 0.614. The van der Waals surface area contributed by atoms with E-state index in [1.54, 1.807) is 6.92 Å². The summed E-state index contributed by atoms with van der Waals surface area (Å²) < 4.78 is 12.7. The fraction of sp³-hybridized carbons (Fsp3) is 0.125. The van der Waals surface area contributed by atoms with E-state index in [9.17, 15) is 4.39 Å². The van der Waals surface area contributed by atoms with Crippen molar-refractivity contribution in [3.63, 3.8) is 0 Å². The lowest BCUT2D eigenvalue weighted by atomic mass is 10.1. The minimum atomic E-state index is -0.325. The van der Waals surface area contributed by atoms with Crippen molar-refractivity contribution < 1.29 is 4.39 Å². The van der Waals surface area contributed by atoms with Crippen LogP contribution >= 0.6 is 12.6 Å². The summed E-state index contributed by atoms with van der Waals surface area (Å²) in [6.45, 7) is 1.61. The molecule has 0 aliphatic carbocycles. The Kier molecular flexibility index (Phi) is 2.16. The van der Waals surface area contributed by atoms with E-state index < -0.39 is 0 Å². The monoisotopic (exact) mass is 167 g/mol. The maximum absolute atomic E-state index is 12.7. The third kappa shape index (κ3) is 1.52. The number of rotatable bonds is 0. The Hall–Kier alpha value is -1.01. The number of thiol groups is 1. The second kappa shape index (κ2) is 2.93. The molecule has 0 aliphatic heterocycles. The van der Waals surface area contributed by atoms with E-state index in [1.165, 1.54) is 12.1 Å². The molecule has 0 amide bonds. The Morgan fingerprint density at radius 3 is 2.73 bits per heavy atom. The van der Waals surface area contributed by atoms with Gasteiger partial charge in [-0.3, -0.25) is 0 Å². The number of hydrogen-bond donors (Lipinski definition) is 1. The summed E-state index contributed by atoms with van der Waals surface area (Å²) in [6, 6.07) is 4.65. The van der Waals surface area contributed by atoms with Gasteiger partial charge in [0.15, 0.2) is 0 Å².